The van der Waals surface area contributed by atoms with Gasteiger partial charge in [0.05, 0.1) is 19.8 Å². The number of carbonyl (C=O) groups excluding carboxylic acids is 2. The number of amides is 1. The second-order valence-corrected chi connectivity index (χ2v) is 10.2. The van der Waals surface area contributed by atoms with Gasteiger partial charge >= 0.3 is 5.97 Å². The summed E-state index contributed by atoms with van der Waals surface area (Å²) in [4.78, 5) is 25.0. The van der Waals surface area contributed by atoms with Crippen molar-refractivity contribution in [3.63, 3.8) is 0 Å². The van der Waals surface area contributed by atoms with Crippen LogP contribution in [0.25, 0.3) is 0 Å². The molecular weight excluding hydrogens is 428 g/mol. The molecule has 0 aliphatic carbocycles. The van der Waals surface area contributed by atoms with Crippen molar-refractivity contribution < 1.29 is 27.5 Å². The minimum Gasteiger partial charge on any atom is -0.495 e. The highest BCUT2D eigenvalue weighted by atomic mass is 32.2. The molecule has 0 fully saturated rings. The van der Waals surface area contributed by atoms with Gasteiger partial charge in [0.2, 0.25) is 10.0 Å². The largest absolute Gasteiger partial charge is 0.495 e. The van der Waals surface area contributed by atoms with Crippen LogP contribution < -0.4 is 10.1 Å². The van der Waals surface area contributed by atoms with E-state index < -0.39 is 21.9 Å². The Morgan fingerprint density at radius 1 is 1.20 bits per heavy atom. The molecular formula is C20H26N2O6S2. The number of nitrogens with zero attached hydrogens (tertiary/aromatic N) is 1. The first-order chi connectivity index (χ1) is 14.0. The maximum absolute atomic E-state index is 12.9. The van der Waals surface area contributed by atoms with Gasteiger partial charge in [-0.3, -0.25) is 4.79 Å². The summed E-state index contributed by atoms with van der Waals surface area (Å²) < 4.78 is 36.2. The molecule has 2 aromatic rings. The number of hydrogen-bond donors (Lipinski definition) is 1. The molecule has 1 aromatic heterocycles. The fourth-order valence-corrected chi connectivity index (χ4v) is 4.83. The van der Waals surface area contributed by atoms with E-state index in [2.05, 4.69) is 5.32 Å². The van der Waals surface area contributed by atoms with E-state index in [-0.39, 0.29) is 16.2 Å². The fraction of sp³-hybridized carbons (Fsp3) is 0.400. The lowest BCUT2D eigenvalue weighted by Crippen LogP contribution is -2.23. The first kappa shape index (κ1) is 23.8. The van der Waals surface area contributed by atoms with Crippen molar-refractivity contribution >= 4 is 38.2 Å². The highest BCUT2D eigenvalue weighted by Crippen LogP contribution is 2.32. The van der Waals surface area contributed by atoms with Crippen LogP contribution in [-0.4, -0.2) is 52.9 Å². The molecule has 8 nitrogen and oxygen atoms in total. The Morgan fingerprint density at radius 3 is 2.40 bits per heavy atom. The topological polar surface area (TPSA) is 102 Å². The van der Waals surface area contributed by atoms with Gasteiger partial charge < -0.3 is 14.8 Å². The van der Waals surface area contributed by atoms with Crippen molar-refractivity contribution in [1.29, 1.82) is 0 Å². The van der Waals surface area contributed by atoms with Crippen LogP contribution >= 0.6 is 11.3 Å². The molecule has 0 aliphatic rings. The maximum Gasteiger partial charge on any atom is 0.341 e. The molecule has 0 unspecified atom stereocenters. The number of nitrogens with one attached hydrogen (secondary N) is 1. The summed E-state index contributed by atoms with van der Waals surface area (Å²) in [5, 5.41) is 4.88. The van der Waals surface area contributed by atoms with Crippen molar-refractivity contribution in [2.45, 2.75) is 25.2 Å². The van der Waals surface area contributed by atoms with Gasteiger partial charge in [0.25, 0.3) is 5.91 Å². The highest BCUT2D eigenvalue weighted by molar-refractivity contribution is 7.89. The van der Waals surface area contributed by atoms with Crippen LogP contribution in [0, 0.1) is 5.92 Å². The number of esters is 1. The minimum absolute atomic E-state index is 0.117. The number of thiophene rings is 1. The van der Waals surface area contributed by atoms with Gasteiger partial charge in [-0.1, -0.05) is 13.8 Å². The van der Waals surface area contributed by atoms with E-state index in [1.165, 1.54) is 57.9 Å². The molecule has 0 bridgehead atoms. The van der Waals surface area contributed by atoms with Crippen LogP contribution in [0.15, 0.2) is 28.5 Å². The average Bonchev–Trinajstić information content (AvgIpc) is 3.07. The summed E-state index contributed by atoms with van der Waals surface area (Å²) in [7, 11) is 1.60. The van der Waals surface area contributed by atoms with Crippen LogP contribution in [-0.2, 0) is 21.2 Å². The second-order valence-electron chi connectivity index (χ2n) is 7.16. The van der Waals surface area contributed by atoms with Crippen LogP contribution in [0.4, 0.5) is 5.00 Å². The first-order valence-corrected chi connectivity index (χ1v) is 11.5. The Hall–Kier alpha value is -2.43. The lowest BCUT2D eigenvalue weighted by Gasteiger charge is -2.15. The number of benzene rings is 1. The molecule has 0 saturated carbocycles. The number of methoxy groups -OCH3 is 2. The lowest BCUT2D eigenvalue weighted by molar-refractivity contribution is 0.0601. The third-order valence-corrected chi connectivity index (χ3v) is 7.08. The number of ether oxygens (including phenoxy) is 2. The molecule has 1 heterocycles. The zero-order valence-corrected chi connectivity index (χ0v) is 19.4. The van der Waals surface area contributed by atoms with Crippen LogP contribution in [0.1, 0.15) is 40.1 Å². The van der Waals surface area contributed by atoms with Crippen molar-refractivity contribution in [3.8, 4) is 5.75 Å². The van der Waals surface area contributed by atoms with Crippen molar-refractivity contribution in [3.05, 3.63) is 40.3 Å². The van der Waals surface area contributed by atoms with E-state index in [0.717, 1.165) is 9.87 Å². The number of carbonyl (C=O) groups is 2. The molecule has 0 spiro atoms. The summed E-state index contributed by atoms with van der Waals surface area (Å²) in [6, 6.07) is 4.14. The van der Waals surface area contributed by atoms with Crippen LogP contribution in [0.2, 0.25) is 0 Å². The smallest absolute Gasteiger partial charge is 0.341 e. The third kappa shape index (κ3) is 5.00. The molecule has 1 N–H and O–H groups in total. The Kier molecular flexibility index (Phi) is 7.62. The van der Waals surface area contributed by atoms with E-state index in [1.54, 1.807) is 0 Å². The van der Waals surface area contributed by atoms with Gasteiger partial charge in [0.15, 0.2) is 0 Å². The SMILES string of the molecule is COC(=O)c1c(CC(C)C)csc1NC(=O)c1ccc(OC)c(S(=O)(=O)N(C)C)c1. The summed E-state index contributed by atoms with van der Waals surface area (Å²) in [5.74, 6) is -0.637. The molecule has 10 heteroatoms. The molecule has 164 valence electrons. The first-order valence-electron chi connectivity index (χ1n) is 9.13. The van der Waals surface area contributed by atoms with Gasteiger partial charge in [-0.2, -0.15) is 0 Å². The monoisotopic (exact) mass is 454 g/mol. The van der Waals surface area contributed by atoms with Crippen LogP contribution in [0.5, 0.6) is 5.75 Å². The summed E-state index contributed by atoms with van der Waals surface area (Å²) in [6.45, 7) is 4.06. The van der Waals surface area contributed by atoms with E-state index >= 15 is 0 Å². The lowest BCUT2D eigenvalue weighted by atomic mass is 10.0. The molecule has 0 radical (unpaired) electrons. The average molecular weight is 455 g/mol. The molecule has 30 heavy (non-hydrogen) atoms. The number of rotatable bonds is 8. The van der Waals surface area contributed by atoms with Crippen molar-refractivity contribution in [2.75, 3.05) is 33.6 Å². The number of hydrogen-bond acceptors (Lipinski definition) is 7. The van der Waals surface area contributed by atoms with E-state index in [1.807, 2.05) is 19.2 Å². The van der Waals surface area contributed by atoms with Crippen molar-refractivity contribution in [2.24, 2.45) is 5.92 Å². The number of anilines is 1. The summed E-state index contributed by atoms with van der Waals surface area (Å²) in [5.41, 5.74) is 1.23. The van der Waals surface area contributed by atoms with Gasteiger partial charge in [-0.25, -0.2) is 17.5 Å². The van der Waals surface area contributed by atoms with Crippen LogP contribution in [0.3, 0.4) is 0 Å². The standard InChI is InChI=1S/C20H26N2O6S2/c1-12(2)9-14-11-29-19(17(14)20(24)28-6)21-18(23)13-7-8-15(27-5)16(10-13)30(25,26)22(3)4/h7-8,10-12H,9H2,1-6H3,(H,21,23). The zero-order valence-electron chi connectivity index (χ0n) is 17.8. The second kappa shape index (κ2) is 9.59. The molecule has 1 aromatic carbocycles. The molecule has 0 atom stereocenters. The van der Waals surface area contributed by atoms with Gasteiger partial charge in [-0.05, 0) is 41.5 Å². The molecule has 0 saturated heterocycles. The van der Waals surface area contributed by atoms with E-state index in [9.17, 15) is 18.0 Å². The Labute approximate surface area is 180 Å². The predicted molar refractivity (Wildman–Crippen MR) is 116 cm³/mol. The van der Waals surface area contributed by atoms with Gasteiger partial charge in [-0.15, -0.1) is 11.3 Å². The predicted octanol–water partition coefficient (Wildman–Crippen LogP) is 3.24. The Morgan fingerprint density at radius 2 is 1.87 bits per heavy atom. The van der Waals surface area contributed by atoms with E-state index in [4.69, 9.17) is 9.47 Å². The van der Waals surface area contributed by atoms with Gasteiger partial charge in [0, 0.05) is 19.7 Å². The summed E-state index contributed by atoms with van der Waals surface area (Å²) >= 11 is 1.22. The zero-order chi connectivity index (χ0) is 22.6. The quantitative estimate of drug-likeness (QED) is 0.615. The normalized spacial score (nSPS) is 11.6. The third-order valence-electron chi connectivity index (χ3n) is 4.30. The van der Waals surface area contributed by atoms with Gasteiger partial charge in [0.1, 0.15) is 15.6 Å². The summed E-state index contributed by atoms with van der Waals surface area (Å²) in [6.07, 6.45) is 0.657. The maximum atomic E-state index is 12.9. The fourth-order valence-electron chi connectivity index (χ4n) is 2.79. The molecule has 1 amide bonds. The molecule has 2 rings (SSSR count). The minimum atomic E-state index is -3.83. The Bertz CT molecular complexity index is 1040. The van der Waals surface area contributed by atoms with E-state index in [0.29, 0.717) is 22.9 Å². The molecule has 0 aliphatic heterocycles. The van der Waals surface area contributed by atoms with Crippen molar-refractivity contribution in [1.82, 2.24) is 4.31 Å². The Balaban J connectivity index is 2.44. The highest BCUT2D eigenvalue weighted by Gasteiger charge is 2.26. The number of sulfonamides is 1.